The predicted octanol–water partition coefficient (Wildman–Crippen LogP) is 2.29. The van der Waals surface area contributed by atoms with E-state index in [1.54, 1.807) is 0 Å². The van der Waals surface area contributed by atoms with Gasteiger partial charge in [-0.3, -0.25) is 10.00 Å². The number of aromatic nitrogens is 2. The number of H-pyrrole nitrogens is 1. The highest BCUT2D eigenvalue weighted by atomic mass is 16.5. The number of hydrogen-bond donors (Lipinski definition) is 2. The molecule has 0 spiro atoms. The van der Waals surface area contributed by atoms with E-state index in [2.05, 4.69) is 33.3 Å². The standard InChI is InChI=1S/C17H23N3O2/c1-2-22-17-4-3-13(9-15(17)12-21)10-20-8-6-14(11-20)16-5-7-18-19-16/h3-5,7,9,14,21H,2,6,8,10-12H2,1H3,(H,18,19)/t14-/m1/s1. The van der Waals surface area contributed by atoms with Crippen LogP contribution in [0.25, 0.3) is 0 Å². The van der Waals surface area contributed by atoms with Crippen LogP contribution in [0.3, 0.4) is 0 Å². The summed E-state index contributed by atoms with van der Waals surface area (Å²) in [5.41, 5.74) is 3.31. The SMILES string of the molecule is CCOc1ccc(CN2CC[C@@H](c3ccn[nH]3)C2)cc1CO. The maximum atomic E-state index is 9.49. The van der Waals surface area contributed by atoms with Gasteiger partial charge in [-0.15, -0.1) is 0 Å². The Morgan fingerprint density at radius 3 is 3.05 bits per heavy atom. The van der Waals surface area contributed by atoms with Crippen LogP contribution in [0.5, 0.6) is 5.75 Å². The molecule has 1 aliphatic rings. The van der Waals surface area contributed by atoms with Crippen LogP contribution in [0.15, 0.2) is 30.5 Å². The van der Waals surface area contributed by atoms with Gasteiger partial charge in [-0.2, -0.15) is 5.10 Å². The Morgan fingerprint density at radius 1 is 1.41 bits per heavy atom. The summed E-state index contributed by atoms with van der Waals surface area (Å²) in [4.78, 5) is 2.45. The second-order valence-electron chi connectivity index (χ2n) is 5.77. The largest absolute Gasteiger partial charge is 0.494 e. The van der Waals surface area contributed by atoms with Crippen molar-refractivity contribution in [2.75, 3.05) is 19.7 Å². The molecule has 1 saturated heterocycles. The molecule has 1 aliphatic heterocycles. The number of nitrogens with one attached hydrogen (secondary N) is 1. The molecular weight excluding hydrogens is 278 g/mol. The predicted molar refractivity (Wildman–Crippen MR) is 84.8 cm³/mol. The molecule has 0 radical (unpaired) electrons. The van der Waals surface area contributed by atoms with E-state index in [0.29, 0.717) is 12.5 Å². The first-order valence-corrected chi connectivity index (χ1v) is 7.87. The Morgan fingerprint density at radius 2 is 2.32 bits per heavy atom. The Kier molecular flexibility index (Phi) is 4.75. The number of benzene rings is 1. The maximum Gasteiger partial charge on any atom is 0.124 e. The van der Waals surface area contributed by atoms with E-state index >= 15 is 0 Å². The molecule has 1 fully saturated rings. The number of aromatic amines is 1. The second-order valence-corrected chi connectivity index (χ2v) is 5.77. The van der Waals surface area contributed by atoms with Crippen LogP contribution in [0.4, 0.5) is 0 Å². The van der Waals surface area contributed by atoms with Crippen molar-refractivity contribution in [1.29, 1.82) is 0 Å². The molecule has 5 heteroatoms. The lowest BCUT2D eigenvalue weighted by Gasteiger charge is -2.17. The number of aliphatic hydroxyl groups excluding tert-OH is 1. The summed E-state index contributed by atoms with van der Waals surface area (Å²) in [6.45, 7) is 5.62. The highest BCUT2D eigenvalue weighted by Crippen LogP contribution is 2.27. The molecule has 2 N–H and O–H groups in total. The van der Waals surface area contributed by atoms with Crippen molar-refractivity contribution in [1.82, 2.24) is 15.1 Å². The lowest BCUT2D eigenvalue weighted by molar-refractivity contribution is 0.266. The van der Waals surface area contributed by atoms with Crippen LogP contribution < -0.4 is 4.74 Å². The fraction of sp³-hybridized carbons (Fsp3) is 0.471. The number of nitrogens with zero attached hydrogens (tertiary/aromatic N) is 2. The molecule has 1 aromatic heterocycles. The van der Waals surface area contributed by atoms with Gasteiger partial charge in [0.05, 0.1) is 13.2 Å². The van der Waals surface area contributed by atoms with Gasteiger partial charge in [0.15, 0.2) is 0 Å². The van der Waals surface area contributed by atoms with Crippen molar-refractivity contribution in [3.05, 3.63) is 47.3 Å². The first-order chi connectivity index (χ1) is 10.8. The Bertz CT molecular complexity index is 598. The third-order valence-electron chi connectivity index (χ3n) is 4.24. The molecule has 0 unspecified atom stereocenters. The highest BCUT2D eigenvalue weighted by Gasteiger charge is 2.24. The fourth-order valence-corrected chi connectivity index (χ4v) is 3.13. The second kappa shape index (κ2) is 6.94. The zero-order valence-electron chi connectivity index (χ0n) is 13.0. The van der Waals surface area contributed by atoms with E-state index in [9.17, 15) is 5.11 Å². The molecule has 1 atom stereocenters. The molecule has 5 nitrogen and oxygen atoms in total. The molecule has 1 aromatic carbocycles. The molecule has 0 aliphatic carbocycles. The zero-order chi connectivity index (χ0) is 15.4. The summed E-state index contributed by atoms with van der Waals surface area (Å²) < 4.78 is 5.53. The van der Waals surface area contributed by atoms with Gasteiger partial charge in [0, 0.05) is 36.5 Å². The first-order valence-electron chi connectivity index (χ1n) is 7.87. The van der Waals surface area contributed by atoms with Gasteiger partial charge in [0.1, 0.15) is 5.75 Å². The third kappa shape index (κ3) is 3.31. The van der Waals surface area contributed by atoms with Crippen LogP contribution >= 0.6 is 0 Å². The van der Waals surface area contributed by atoms with Crippen molar-refractivity contribution in [2.45, 2.75) is 32.4 Å². The third-order valence-corrected chi connectivity index (χ3v) is 4.24. The van der Waals surface area contributed by atoms with Gasteiger partial charge in [-0.25, -0.2) is 0 Å². The van der Waals surface area contributed by atoms with Gasteiger partial charge in [-0.1, -0.05) is 6.07 Å². The molecule has 22 heavy (non-hydrogen) atoms. The highest BCUT2D eigenvalue weighted by molar-refractivity contribution is 5.37. The minimum absolute atomic E-state index is 0.0138. The Labute approximate surface area is 130 Å². The molecular formula is C17H23N3O2. The molecule has 0 amide bonds. The van der Waals surface area contributed by atoms with E-state index in [0.717, 1.165) is 37.4 Å². The average Bonchev–Trinajstić information content (AvgIpc) is 3.20. The van der Waals surface area contributed by atoms with Gasteiger partial charge >= 0.3 is 0 Å². The summed E-state index contributed by atoms with van der Waals surface area (Å²) in [7, 11) is 0. The molecule has 0 bridgehead atoms. The van der Waals surface area contributed by atoms with E-state index in [4.69, 9.17) is 4.74 Å². The van der Waals surface area contributed by atoms with Gasteiger partial charge in [0.2, 0.25) is 0 Å². The average molecular weight is 301 g/mol. The molecule has 2 aromatic rings. The minimum Gasteiger partial charge on any atom is -0.494 e. The molecule has 2 heterocycles. The Balaban J connectivity index is 1.64. The smallest absolute Gasteiger partial charge is 0.124 e. The van der Waals surface area contributed by atoms with Gasteiger partial charge in [-0.05, 0) is 43.7 Å². The van der Waals surface area contributed by atoms with Crippen molar-refractivity contribution >= 4 is 0 Å². The van der Waals surface area contributed by atoms with E-state index in [1.807, 2.05) is 19.2 Å². The fourth-order valence-electron chi connectivity index (χ4n) is 3.13. The number of hydrogen-bond acceptors (Lipinski definition) is 4. The van der Waals surface area contributed by atoms with Crippen molar-refractivity contribution in [3.8, 4) is 5.75 Å². The number of likely N-dealkylation sites (tertiary alicyclic amines) is 1. The molecule has 3 rings (SSSR count). The van der Waals surface area contributed by atoms with Crippen LogP contribution in [0.1, 0.15) is 36.1 Å². The summed E-state index contributed by atoms with van der Waals surface area (Å²) in [5, 5.41) is 16.6. The zero-order valence-corrected chi connectivity index (χ0v) is 13.0. The molecule has 0 saturated carbocycles. The van der Waals surface area contributed by atoms with Crippen molar-refractivity contribution < 1.29 is 9.84 Å². The normalized spacial score (nSPS) is 18.7. The van der Waals surface area contributed by atoms with Crippen LogP contribution in [0.2, 0.25) is 0 Å². The number of rotatable bonds is 6. The number of aliphatic hydroxyl groups is 1. The monoisotopic (exact) mass is 301 g/mol. The topological polar surface area (TPSA) is 61.4 Å². The van der Waals surface area contributed by atoms with Gasteiger partial charge in [0.25, 0.3) is 0 Å². The van der Waals surface area contributed by atoms with E-state index in [-0.39, 0.29) is 6.61 Å². The van der Waals surface area contributed by atoms with E-state index < -0.39 is 0 Å². The number of ether oxygens (including phenoxy) is 1. The Hall–Kier alpha value is -1.85. The van der Waals surface area contributed by atoms with Crippen LogP contribution in [0, 0.1) is 0 Å². The lowest BCUT2D eigenvalue weighted by atomic mass is 10.1. The summed E-state index contributed by atoms with van der Waals surface area (Å²) in [5.74, 6) is 1.33. The quantitative estimate of drug-likeness (QED) is 0.859. The van der Waals surface area contributed by atoms with Crippen molar-refractivity contribution in [3.63, 3.8) is 0 Å². The first kappa shape index (κ1) is 15.1. The van der Waals surface area contributed by atoms with Crippen LogP contribution in [-0.4, -0.2) is 39.9 Å². The summed E-state index contributed by atoms with van der Waals surface area (Å²) >= 11 is 0. The van der Waals surface area contributed by atoms with E-state index in [1.165, 1.54) is 11.3 Å². The van der Waals surface area contributed by atoms with Crippen molar-refractivity contribution in [2.24, 2.45) is 0 Å². The van der Waals surface area contributed by atoms with Gasteiger partial charge < -0.3 is 9.84 Å². The molecule has 118 valence electrons. The lowest BCUT2D eigenvalue weighted by Crippen LogP contribution is -2.20. The summed E-state index contributed by atoms with van der Waals surface area (Å²) in [6.07, 6.45) is 2.98. The van der Waals surface area contributed by atoms with Crippen LogP contribution in [-0.2, 0) is 13.2 Å². The minimum atomic E-state index is 0.0138. The summed E-state index contributed by atoms with van der Waals surface area (Å²) in [6, 6.07) is 8.17. The maximum absolute atomic E-state index is 9.49.